The molecular weight excluding hydrogens is 283 g/mol. The minimum atomic E-state index is -0.539. The van der Waals surface area contributed by atoms with E-state index < -0.39 is 5.82 Å². The van der Waals surface area contributed by atoms with E-state index >= 15 is 0 Å². The predicted molar refractivity (Wildman–Crippen MR) is 76.4 cm³/mol. The molecule has 1 aromatic rings. The first-order valence-electron chi connectivity index (χ1n) is 6.69. The molecule has 1 saturated heterocycles. The number of hydrogen-bond donors (Lipinski definition) is 2. The lowest BCUT2D eigenvalue weighted by atomic mass is 10.0. The van der Waals surface area contributed by atoms with E-state index in [9.17, 15) is 9.18 Å². The van der Waals surface area contributed by atoms with E-state index in [0.717, 1.165) is 13.0 Å². The van der Waals surface area contributed by atoms with Gasteiger partial charge in [-0.1, -0.05) is 18.5 Å². The molecule has 0 radical (unpaired) electrons. The van der Waals surface area contributed by atoms with Crippen LogP contribution in [0.2, 0.25) is 5.02 Å². The first kappa shape index (κ1) is 15.2. The Hall–Kier alpha value is -1.17. The van der Waals surface area contributed by atoms with Crippen LogP contribution in [-0.2, 0) is 9.53 Å². The maximum Gasteiger partial charge on any atom is 0.231 e. The van der Waals surface area contributed by atoms with Crippen LogP contribution in [0.4, 0.5) is 10.1 Å². The molecule has 0 aromatic heterocycles. The second-order valence-electron chi connectivity index (χ2n) is 4.82. The van der Waals surface area contributed by atoms with Gasteiger partial charge < -0.3 is 15.4 Å². The number of halogens is 2. The zero-order valence-electron chi connectivity index (χ0n) is 11.3. The Balaban J connectivity index is 2.00. The van der Waals surface area contributed by atoms with Crippen LogP contribution in [0, 0.1) is 11.7 Å². The van der Waals surface area contributed by atoms with Gasteiger partial charge >= 0.3 is 0 Å². The van der Waals surface area contributed by atoms with Crippen LogP contribution >= 0.6 is 11.6 Å². The largest absolute Gasteiger partial charge is 0.379 e. The topological polar surface area (TPSA) is 50.4 Å². The number of carbonyl (C=O) groups is 1. The Kier molecular flexibility index (Phi) is 5.34. The monoisotopic (exact) mass is 300 g/mol. The van der Waals surface area contributed by atoms with Crippen LogP contribution < -0.4 is 10.6 Å². The van der Waals surface area contributed by atoms with E-state index in [1.165, 1.54) is 18.2 Å². The smallest absolute Gasteiger partial charge is 0.231 e. The highest BCUT2D eigenvalue weighted by molar-refractivity contribution is 6.30. The fraction of sp³-hybridized carbons (Fsp3) is 0.500. The maximum atomic E-state index is 13.7. The van der Waals surface area contributed by atoms with Crippen LogP contribution in [-0.4, -0.2) is 31.7 Å². The van der Waals surface area contributed by atoms with Crippen LogP contribution in [0.3, 0.4) is 0 Å². The summed E-state index contributed by atoms with van der Waals surface area (Å²) in [7, 11) is 0. The molecule has 0 aliphatic carbocycles. The van der Waals surface area contributed by atoms with Gasteiger partial charge in [-0.25, -0.2) is 4.39 Å². The molecule has 2 atom stereocenters. The summed E-state index contributed by atoms with van der Waals surface area (Å²) in [5.74, 6) is -1.09. The third-order valence-corrected chi connectivity index (χ3v) is 3.50. The summed E-state index contributed by atoms with van der Waals surface area (Å²) >= 11 is 5.68. The second-order valence-corrected chi connectivity index (χ2v) is 5.25. The van der Waals surface area contributed by atoms with Gasteiger partial charge in [0.1, 0.15) is 5.82 Å². The number of amides is 1. The van der Waals surface area contributed by atoms with Gasteiger partial charge in [0.05, 0.1) is 24.8 Å². The van der Waals surface area contributed by atoms with Gasteiger partial charge in [0.15, 0.2) is 0 Å². The zero-order valence-corrected chi connectivity index (χ0v) is 12.0. The van der Waals surface area contributed by atoms with E-state index in [0.29, 0.717) is 18.2 Å². The van der Waals surface area contributed by atoms with E-state index in [-0.39, 0.29) is 23.6 Å². The van der Waals surface area contributed by atoms with Gasteiger partial charge in [-0.3, -0.25) is 4.79 Å². The van der Waals surface area contributed by atoms with Crippen molar-refractivity contribution in [2.24, 2.45) is 5.92 Å². The average molecular weight is 301 g/mol. The molecule has 1 aliphatic rings. The van der Waals surface area contributed by atoms with Crippen molar-refractivity contribution in [2.45, 2.75) is 19.4 Å². The molecule has 1 aromatic carbocycles. The van der Waals surface area contributed by atoms with Crippen LogP contribution in [0.5, 0.6) is 0 Å². The molecule has 0 spiro atoms. The summed E-state index contributed by atoms with van der Waals surface area (Å²) in [6.45, 7) is 3.73. The number of anilines is 1. The Morgan fingerprint density at radius 3 is 3.00 bits per heavy atom. The highest BCUT2D eigenvalue weighted by atomic mass is 35.5. The van der Waals surface area contributed by atoms with Gasteiger partial charge in [0.25, 0.3) is 0 Å². The van der Waals surface area contributed by atoms with Crippen molar-refractivity contribution < 1.29 is 13.9 Å². The minimum absolute atomic E-state index is 0.0229. The number of ether oxygens (including phenoxy) is 1. The lowest BCUT2D eigenvalue weighted by Crippen LogP contribution is -2.41. The Morgan fingerprint density at radius 2 is 2.30 bits per heavy atom. The Labute approximate surface area is 122 Å². The van der Waals surface area contributed by atoms with Gasteiger partial charge in [0.2, 0.25) is 5.91 Å². The lowest BCUT2D eigenvalue weighted by molar-refractivity contribution is -0.120. The third kappa shape index (κ3) is 3.69. The number of carbonyl (C=O) groups excluding carboxylic acids is 1. The van der Waals surface area contributed by atoms with E-state index in [1.54, 1.807) is 0 Å². The predicted octanol–water partition coefficient (Wildman–Crippen LogP) is 2.43. The minimum Gasteiger partial charge on any atom is -0.379 e. The Morgan fingerprint density at radius 1 is 1.50 bits per heavy atom. The molecule has 0 bridgehead atoms. The maximum absolute atomic E-state index is 13.7. The fourth-order valence-electron chi connectivity index (χ4n) is 2.16. The average Bonchev–Trinajstić information content (AvgIpc) is 2.88. The molecular formula is C14H18ClFN2O2. The number of rotatable bonds is 5. The summed E-state index contributed by atoms with van der Waals surface area (Å²) in [4.78, 5) is 12.2. The molecule has 1 heterocycles. The number of benzene rings is 1. The summed E-state index contributed by atoms with van der Waals surface area (Å²) in [6.07, 6.45) is 0.983. The summed E-state index contributed by atoms with van der Waals surface area (Å²) in [6, 6.07) is 4.15. The SMILES string of the molecule is CCCNC1COCC1C(=O)Nc1ccc(Cl)cc1F. The molecule has 110 valence electrons. The molecule has 1 amide bonds. The zero-order chi connectivity index (χ0) is 14.5. The van der Waals surface area contributed by atoms with Crippen LogP contribution in [0.25, 0.3) is 0 Å². The summed E-state index contributed by atoms with van der Waals surface area (Å²) in [5, 5.41) is 6.16. The molecule has 1 fully saturated rings. The summed E-state index contributed by atoms with van der Waals surface area (Å²) < 4.78 is 19.0. The molecule has 20 heavy (non-hydrogen) atoms. The second kappa shape index (κ2) is 7.02. The lowest BCUT2D eigenvalue weighted by Gasteiger charge is -2.18. The highest BCUT2D eigenvalue weighted by Crippen LogP contribution is 2.21. The van der Waals surface area contributed by atoms with Gasteiger partial charge in [-0.15, -0.1) is 0 Å². The third-order valence-electron chi connectivity index (χ3n) is 3.26. The highest BCUT2D eigenvalue weighted by Gasteiger charge is 2.33. The summed E-state index contributed by atoms with van der Waals surface area (Å²) in [5.41, 5.74) is 0.139. The molecule has 2 N–H and O–H groups in total. The van der Waals surface area contributed by atoms with E-state index in [1.807, 2.05) is 0 Å². The van der Waals surface area contributed by atoms with Crippen molar-refractivity contribution in [2.75, 3.05) is 25.1 Å². The molecule has 4 nitrogen and oxygen atoms in total. The van der Waals surface area contributed by atoms with Crippen LogP contribution in [0.15, 0.2) is 18.2 Å². The standard InChI is InChI=1S/C14H18ClFN2O2/c1-2-5-17-13-8-20-7-10(13)14(19)18-12-4-3-9(15)6-11(12)16/h3-4,6,10,13,17H,2,5,7-8H2,1H3,(H,18,19). The molecule has 2 rings (SSSR count). The van der Waals surface area contributed by atoms with Crippen molar-refractivity contribution in [3.05, 3.63) is 29.0 Å². The van der Waals surface area contributed by atoms with Crippen LogP contribution in [0.1, 0.15) is 13.3 Å². The molecule has 0 saturated carbocycles. The molecule has 1 aliphatic heterocycles. The van der Waals surface area contributed by atoms with Gasteiger partial charge in [-0.2, -0.15) is 0 Å². The van der Waals surface area contributed by atoms with Crippen molar-refractivity contribution in [3.8, 4) is 0 Å². The number of hydrogen-bond acceptors (Lipinski definition) is 3. The number of nitrogens with one attached hydrogen (secondary N) is 2. The fourth-order valence-corrected chi connectivity index (χ4v) is 2.32. The molecule has 6 heteroatoms. The first-order chi connectivity index (χ1) is 9.61. The Bertz CT molecular complexity index is 484. The van der Waals surface area contributed by atoms with Crippen molar-refractivity contribution >= 4 is 23.2 Å². The quantitative estimate of drug-likeness (QED) is 0.878. The van der Waals surface area contributed by atoms with Crippen molar-refractivity contribution in [1.82, 2.24) is 5.32 Å². The van der Waals surface area contributed by atoms with Gasteiger partial charge in [0, 0.05) is 11.1 Å². The molecule has 2 unspecified atom stereocenters. The normalized spacial score (nSPS) is 21.9. The van der Waals surface area contributed by atoms with E-state index in [4.69, 9.17) is 16.3 Å². The van der Waals surface area contributed by atoms with Crippen molar-refractivity contribution in [3.63, 3.8) is 0 Å². The first-order valence-corrected chi connectivity index (χ1v) is 7.06. The van der Waals surface area contributed by atoms with Gasteiger partial charge in [-0.05, 0) is 31.2 Å². The van der Waals surface area contributed by atoms with Crippen molar-refractivity contribution in [1.29, 1.82) is 0 Å². The van der Waals surface area contributed by atoms with E-state index in [2.05, 4.69) is 17.6 Å².